The van der Waals surface area contributed by atoms with Crippen molar-refractivity contribution in [2.24, 2.45) is 4.99 Å². The fraction of sp³-hybridized carbons (Fsp3) is 0.316. The summed E-state index contributed by atoms with van der Waals surface area (Å²) in [7, 11) is 0. The van der Waals surface area contributed by atoms with Crippen molar-refractivity contribution in [1.29, 1.82) is 0 Å². The maximum atomic E-state index is 12.5. The van der Waals surface area contributed by atoms with E-state index in [0.29, 0.717) is 18.1 Å². The molecule has 2 rings (SSSR count). The lowest BCUT2D eigenvalue weighted by molar-refractivity contribution is -0.0504. The number of alkyl halides is 2. The van der Waals surface area contributed by atoms with Crippen LogP contribution in [-0.2, 0) is 6.54 Å². The molecule has 0 radical (unpaired) electrons. The quantitative estimate of drug-likeness (QED) is 0.346. The summed E-state index contributed by atoms with van der Waals surface area (Å²) in [6, 6.07) is 16.7. The fourth-order valence-electron chi connectivity index (χ4n) is 2.36. The number of rotatable bonds is 7. The highest BCUT2D eigenvalue weighted by Gasteiger charge is 2.10. The zero-order valence-electron chi connectivity index (χ0n) is 14.8. The van der Waals surface area contributed by atoms with E-state index < -0.39 is 6.61 Å². The number of guanidine groups is 1. The molecule has 0 aromatic heterocycles. The summed E-state index contributed by atoms with van der Waals surface area (Å²) in [5.41, 5.74) is 1.74. The van der Waals surface area contributed by atoms with Crippen LogP contribution in [0.15, 0.2) is 59.6 Å². The summed E-state index contributed by atoms with van der Waals surface area (Å²) in [5.74, 6) is 0.763. The Labute approximate surface area is 170 Å². The van der Waals surface area contributed by atoms with Crippen LogP contribution in [0, 0.1) is 0 Å². The molecule has 0 fully saturated rings. The predicted molar refractivity (Wildman–Crippen MR) is 111 cm³/mol. The van der Waals surface area contributed by atoms with E-state index in [1.54, 1.807) is 18.2 Å². The number of hydrogen-bond acceptors (Lipinski definition) is 2. The van der Waals surface area contributed by atoms with Gasteiger partial charge in [-0.1, -0.05) is 48.5 Å². The first-order chi connectivity index (χ1) is 12.1. The summed E-state index contributed by atoms with van der Waals surface area (Å²) in [4.78, 5) is 4.49. The topological polar surface area (TPSA) is 45.7 Å². The average Bonchev–Trinajstić information content (AvgIpc) is 2.61. The van der Waals surface area contributed by atoms with Crippen molar-refractivity contribution in [2.45, 2.75) is 33.0 Å². The molecule has 0 spiro atoms. The Kier molecular flexibility index (Phi) is 9.93. The van der Waals surface area contributed by atoms with E-state index in [2.05, 4.69) is 20.4 Å². The summed E-state index contributed by atoms with van der Waals surface area (Å²) >= 11 is 0. The molecule has 1 unspecified atom stereocenters. The fourth-order valence-corrected chi connectivity index (χ4v) is 2.36. The van der Waals surface area contributed by atoms with E-state index in [1.807, 2.05) is 44.2 Å². The molecule has 2 aromatic rings. The van der Waals surface area contributed by atoms with Crippen molar-refractivity contribution in [3.05, 3.63) is 65.7 Å². The van der Waals surface area contributed by atoms with Gasteiger partial charge in [-0.15, -0.1) is 24.0 Å². The van der Waals surface area contributed by atoms with Crippen LogP contribution in [0.5, 0.6) is 5.75 Å². The third-order valence-electron chi connectivity index (χ3n) is 3.59. The Balaban J connectivity index is 0.00000338. The molecule has 0 bridgehead atoms. The van der Waals surface area contributed by atoms with E-state index in [9.17, 15) is 8.78 Å². The number of halogens is 3. The molecule has 142 valence electrons. The lowest BCUT2D eigenvalue weighted by Crippen LogP contribution is -2.38. The van der Waals surface area contributed by atoms with Crippen LogP contribution in [0.4, 0.5) is 8.78 Å². The van der Waals surface area contributed by atoms with Crippen LogP contribution in [-0.4, -0.2) is 19.1 Å². The van der Waals surface area contributed by atoms with Crippen LogP contribution < -0.4 is 15.4 Å². The van der Waals surface area contributed by atoms with E-state index in [0.717, 1.165) is 5.56 Å². The van der Waals surface area contributed by atoms with Crippen LogP contribution in [0.2, 0.25) is 0 Å². The first-order valence-corrected chi connectivity index (χ1v) is 8.22. The number of ether oxygens (including phenoxy) is 1. The van der Waals surface area contributed by atoms with Crippen LogP contribution >= 0.6 is 24.0 Å². The molecule has 7 heteroatoms. The minimum Gasteiger partial charge on any atom is -0.434 e. The SMILES string of the molecule is CCNC(=NCc1ccccc1OC(F)F)NC(C)c1ccccc1.I. The van der Waals surface area contributed by atoms with Crippen molar-refractivity contribution in [3.8, 4) is 5.75 Å². The predicted octanol–water partition coefficient (Wildman–Crippen LogP) is 4.72. The second-order valence-corrected chi connectivity index (χ2v) is 5.46. The minimum atomic E-state index is -2.85. The molecule has 0 heterocycles. The van der Waals surface area contributed by atoms with E-state index >= 15 is 0 Å². The maximum Gasteiger partial charge on any atom is 0.387 e. The Bertz CT molecular complexity index is 683. The second-order valence-electron chi connectivity index (χ2n) is 5.46. The maximum absolute atomic E-state index is 12.5. The average molecular weight is 475 g/mol. The van der Waals surface area contributed by atoms with Gasteiger partial charge in [-0.05, 0) is 25.5 Å². The van der Waals surface area contributed by atoms with Gasteiger partial charge in [0, 0.05) is 12.1 Å². The molecule has 0 amide bonds. The van der Waals surface area contributed by atoms with Crippen LogP contribution in [0.3, 0.4) is 0 Å². The second kappa shape index (κ2) is 11.7. The van der Waals surface area contributed by atoms with Gasteiger partial charge in [0.1, 0.15) is 5.75 Å². The molecule has 2 N–H and O–H groups in total. The zero-order chi connectivity index (χ0) is 18.1. The largest absolute Gasteiger partial charge is 0.434 e. The summed E-state index contributed by atoms with van der Waals surface area (Å²) in [6.45, 7) is 2.09. The highest BCUT2D eigenvalue weighted by Crippen LogP contribution is 2.21. The normalized spacial score (nSPS) is 12.3. The van der Waals surface area contributed by atoms with Gasteiger partial charge in [0.15, 0.2) is 5.96 Å². The number of nitrogens with zero attached hydrogens (tertiary/aromatic N) is 1. The summed E-state index contributed by atoms with van der Waals surface area (Å²) < 4.78 is 29.5. The van der Waals surface area contributed by atoms with Crippen molar-refractivity contribution >= 4 is 29.9 Å². The smallest absolute Gasteiger partial charge is 0.387 e. The summed E-state index contributed by atoms with van der Waals surface area (Å²) in [6.07, 6.45) is 0. The zero-order valence-corrected chi connectivity index (χ0v) is 17.1. The molecule has 0 saturated carbocycles. The molecular formula is C19H24F2IN3O. The van der Waals surface area contributed by atoms with Gasteiger partial charge >= 0.3 is 6.61 Å². The highest BCUT2D eigenvalue weighted by atomic mass is 127. The summed E-state index contributed by atoms with van der Waals surface area (Å²) in [5, 5.41) is 6.48. The molecule has 2 aromatic carbocycles. The molecule has 0 aliphatic heterocycles. The van der Waals surface area contributed by atoms with Crippen molar-refractivity contribution in [2.75, 3.05) is 6.54 Å². The Morgan fingerprint density at radius 3 is 2.38 bits per heavy atom. The van der Waals surface area contributed by atoms with Crippen LogP contribution in [0.25, 0.3) is 0 Å². The first kappa shape index (κ1) is 22.1. The van der Waals surface area contributed by atoms with Crippen LogP contribution in [0.1, 0.15) is 31.0 Å². The van der Waals surface area contributed by atoms with Gasteiger partial charge in [0.05, 0.1) is 12.6 Å². The lowest BCUT2D eigenvalue weighted by Gasteiger charge is -2.18. The molecule has 0 aliphatic rings. The van der Waals surface area contributed by atoms with Crippen molar-refractivity contribution in [1.82, 2.24) is 10.6 Å². The van der Waals surface area contributed by atoms with Gasteiger partial charge < -0.3 is 15.4 Å². The first-order valence-electron chi connectivity index (χ1n) is 8.22. The number of para-hydroxylation sites is 1. The number of aliphatic imine (C=N–C) groups is 1. The lowest BCUT2D eigenvalue weighted by atomic mass is 10.1. The van der Waals surface area contributed by atoms with E-state index in [1.165, 1.54) is 6.07 Å². The third kappa shape index (κ3) is 7.15. The molecular weight excluding hydrogens is 451 g/mol. The molecule has 26 heavy (non-hydrogen) atoms. The van der Waals surface area contributed by atoms with Crippen molar-refractivity contribution in [3.63, 3.8) is 0 Å². The van der Waals surface area contributed by atoms with Gasteiger partial charge in [-0.3, -0.25) is 0 Å². The molecule has 0 saturated heterocycles. The van der Waals surface area contributed by atoms with Gasteiger partial charge in [0.2, 0.25) is 0 Å². The monoisotopic (exact) mass is 475 g/mol. The Morgan fingerprint density at radius 2 is 1.73 bits per heavy atom. The van der Waals surface area contributed by atoms with Crippen molar-refractivity contribution < 1.29 is 13.5 Å². The van der Waals surface area contributed by atoms with E-state index in [-0.39, 0.29) is 42.3 Å². The van der Waals surface area contributed by atoms with Gasteiger partial charge in [-0.25, -0.2) is 4.99 Å². The third-order valence-corrected chi connectivity index (χ3v) is 3.59. The number of hydrogen-bond donors (Lipinski definition) is 2. The Morgan fingerprint density at radius 1 is 1.08 bits per heavy atom. The highest BCUT2D eigenvalue weighted by molar-refractivity contribution is 14.0. The number of benzene rings is 2. The Hall–Kier alpha value is -1.90. The molecule has 0 aliphatic carbocycles. The molecule has 1 atom stereocenters. The standard InChI is InChI=1S/C19H23F2N3O.HI/c1-3-22-19(24-14(2)15-9-5-4-6-10-15)23-13-16-11-7-8-12-17(16)25-18(20)21;/h4-12,14,18H,3,13H2,1-2H3,(H2,22,23,24);1H. The van der Waals surface area contributed by atoms with E-state index in [4.69, 9.17) is 0 Å². The molecule has 4 nitrogen and oxygen atoms in total. The van der Waals surface area contributed by atoms with Gasteiger partial charge in [0.25, 0.3) is 0 Å². The van der Waals surface area contributed by atoms with Gasteiger partial charge in [-0.2, -0.15) is 8.78 Å². The minimum absolute atomic E-state index is 0. The number of nitrogens with one attached hydrogen (secondary N) is 2.